The second-order valence-electron chi connectivity index (χ2n) is 4.48. The smallest absolute Gasteiger partial charge is 0.338 e. The first-order valence-electron chi connectivity index (χ1n) is 6.56. The van der Waals surface area contributed by atoms with Crippen molar-refractivity contribution in [2.75, 3.05) is 6.61 Å². The van der Waals surface area contributed by atoms with Gasteiger partial charge in [0.15, 0.2) is 0 Å². The molecule has 0 aliphatic rings. The van der Waals surface area contributed by atoms with Crippen LogP contribution in [0.2, 0.25) is 0 Å². The van der Waals surface area contributed by atoms with Gasteiger partial charge in [0, 0.05) is 0 Å². The minimum absolute atomic E-state index is 0.239. The van der Waals surface area contributed by atoms with E-state index in [0.29, 0.717) is 12.2 Å². The van der Waals surface area contributed by atoms with E-state index in [9.17, 15) is 4.79 Å². The second kappa shape index (κ2) is 6.19. The summed E-state index contributed by atoms with van der Waals surface area (Å²) in [5, 5.41) is 0. The van der Waals surface area contributed by atoms with E-state index in [1.807, 2.05) is 62.4 Å². The normalized spacial score (nSPS) is 10.2. The van der Waals surface area contributed by atoms with Gasteiger partial charge in [0.05, 0.1) is 12.2 Å². The highest BCUT2D eigenvalue weighted by Crippen LogP contribution is 2.25. The summed E-state index contributed by atoms with van der Waals surface area (Å²) in [5.41, 5.74) is 3.81. The molecule has 0 aromatic heterocycles. The Hall–Kier alpha value is -2.09. The maximum atomic E-state index is 12.0. The molecule has 0 N–H and O–H groups in total. The van der Waals surface area contributed by atoms with Gasteiger partial charge in [-0.3, -0.25) is 0 Å². The quantitative estimate of drug-likeness (QED) is 0.763. The van der Waals surface area contributed by atoms with Gasteiger partial charge < -0.3 is 4.74 Å². The van der Waals surface area contributed by atoms with Crippen molar-refractivity contribution in [3.63, 3.8) is 0 Å². The summed E-state index contributed by atoms with van der Waals surface area (Å²) < 4.78 is 5.21. The van der Waals surface area contributed by atoms with E-state index in [4.69, 9.17) is 4.74 Å². The number of carbonyl (C=O) groups excluding carboxylic acids is 1. The SMILES string of the molecule is CCCOC(=O)c1cccc(-c2ccccc2)c1C. The van der Waals surface area contributed by atoms with Crippen LogP contribution in [0.15, 0.2) is 48.5 Å². The van der Waals surface area contributed by atoms with Crippen molar-refractivity contribution in [2.45, 2.75) is 20.3 Å². The lowest BCUT2D eigenvalue weighted by Crippen LogP contribution is -2.08. The fourth-order valence-electron chi connectivity index (χ4n) is 2.06. The predicted octanol–water partition coefficient (Wildman–Crippen LogP) is 4.23. The standard InChI is InChI=1S/C17H18O2/c1-3-12-19-17(18)16-11-7-10-15(13(16)2)14-8-5-4-6-9-14/h4-11H,3,12H2,1-2H3. The molecule has 2 nitrogen and oxygen atoms in total. The highest BCUT2D eigenvalue weighted by molar-refractivity contribution is 5.93. The molecule has 0 amide bonds. The molecule has 0 unspecified atom stereocenters. The zero-order valence-electron chi connectivity index (χ0n) is 11.3. The number of hydrogen-bond acceptors (Lipinski definition) is 2. The minimum atomic E-state index is -0.239. The van der Waals surface area contributed by atoms with Crippen LogP contribution in [-0.2, 0) is 4.74 Å². The van der Waals surface area contributed by atoms with Crippen LogP contribution in [0.4, 0.5) is 0 Å². The van der Waals surface area contributed by atoms with Crippen LogP contribution in [0.5, 0.6) is 0 Å². The van der Waals surface area contributed by atoms with Gasteiger partial charge in [-0.2, -0.15) is 0 Å². The second-order valence-corrected chi connectivity index (χ2v) is 4.48. The Balaban J connectivity index is 2.36. The van der Waals surface area contributed by atoms with E-state index in [-0.39, 0.29) is 5.97 Å². The van der Waals surface area contributed by atoms with Gasteiger partial charge >= 0.3 is 5.97 Å². The van der Waals surface area contributed by atoms with Crippen molar-refractivity contribution in [1.82, 2.24) is 0 Å². The molecule has 0 atom stereocenters. The molecule has 0 radical (unpaired) electrons. The van der Waals surface area contributed by atoms with Crippen LogP contribution in [0.1, 0.15) is 29.3 Å². The largest absolute Gasteiger partial charge is 0.462 e. The van der Waals surface area contributed by atoms with Gasteiger partial charge in [0.25, 0.3) is 0 Å². The Morgan fingerprint density at radius 3 is 2.47 bits per heavy atom. The fraction of sp³-hybridized carbons (Fsp3) is 0.235. The number of esters is 1. The van der Waals surface area contributed by atoms with Gasteiger partial charge in [-0.15, -0.1) is 0 Å². The topological polar surface area (TPSA) is 26.3 Å². The lowest BCUT2D eigenvalue weighted by Gasteiger charge is -2.11. The van der Waals surface area contributed by atoms with Crippen LogP contribution in [0, 0.1) is 6.92 Å². The van der Waals surface area contributed by atoms with Gasteiger partial charge in [0.1, 0.15) is 0 Å². The third kappa shape index (κ3) is 3.02. The zero-order chi connectivity index (χ0) is 13.7. The molecule has 0 spiro atoms. The van der Waals surface area contributed by atoms with Crippen LogP contribution in [0.3, 0.4) is 0 Å². The van der Waals surface area contributed by atoms with Gasteiger partial charge in [-0.25, -0.2) is 4.79 Å². The average Bonchev–Trinajstić information content (AvgIpc) is 2.46. The molecule has 2 rings (SSSR count). The molecule has 0 saturated carbocycles. The van der Waals surface area contributed by atoms with Crippen molar-refractivity contribution >= 4 is 5.97 Å². The third-order valence-electron chi connectivity index (χ3n) is 3.08. The Bertz CT molecular complexity index is 559. The molecule has 2 aromatic rings. The molecule has 98 valence electrons. The van der Waals surface area contributed by atoms with E-state index >= 15 is 0 Å². The summed E-state index contributed by atoms with van der Waals surface area (Å²) in [6, 6.07) is 15.8. The highest BCUT2D eigenvalue weighted by Gasteiger charge is 2.13. The minimum Gasteiger partial charge on any atom is -0.462 e. The van der Waals surface area contributed by atoms with Crippen molar-refractivity contribution in [2.24, 2.45) is 0 Å². The van der Waals surface area contributed by atoms with Crippen LogP contribution in [0.25, 0.3) is 11.1 Å². The first kappa shape index (κ1) is 13.3. The number of rotatable bonds is 4. The van der Waals surface area contributed by atoms with Crippen molar-refractivity contribution < 1.29 is 9.53 Å². The van der Waals surface area contributed by atoms with E-state index in [0.717, 1.165) is 23.1 Å². The van der Waals surface area contributed by atoms with Crippen LogP contribution < -0.4 is 0 Å². The van der Waals surface area contributed by atoms with E-state index in [1.54, 1.807) is 0 Å². The molecule has 0 saturated heterocycles. The van der Waals surface area contributed by atoms with E-state index in [1.165, 1.54) is 0 Å². The molecule has 0 heterocycles. The van der Waals surface area contributed by atoms with Crippen molar-refractivity contribution in [3.8, 4) is 11.1 Å². The predicted molar refractivity (Wildman–Crippen MR) is 77.2 cm³/mol. The molecule has 0 bridgehead atoms. The van der Waals surface area contributed by atoms with Gasteiger partial charge in [-0.05, 0) is 36.1 Å². The first-order chi connectivity index (χ1) is 9.24. The Morgan fingerprint density at radius 2 is 1.79 bits per heavy atom. The Labute approximate surface area is 114 Å². The molecule has 19 heavy (non-hydrogen) atoms. The summed E-state index contributed by atoms with van der Waals surface area (Å²) in [5.74, 6) is -0.239. The molecule has 2 heteroatoms. The van der Waals surface area contributed by atoms with E-state index < -0.39 is 0 Å². The molecule has 0 aliphatic heterocycles. The maximum absolute atomic E-state index is 12.0. The van der Waals surface area contributed by atoms with Gasteiger partial charge in [-0.1, -0.05) is 49.4 Å². The summed E-state index contributed by atoms with van der Waals surface area (Å²) in [7, 11) is 0. The Kier molecular flexibility index (Phi) is 4.35. The molecular formula is C17H18O2. The number of carbonyl (C=O) groups is 1. The maximum Gasteiger partial charge on any atom is 0.338 e. The molecule has 0 aliphatic carbocycles. The third-order valence-corrected chi connectivity index (χ3v) is 3.08. The average molecular weight is 254 g/mol. The Morgan fingerprint density at radius 1 is 1.05 bits per heavy atom. The lowest BCUT2D eigenvalue weighted by molar-refractivity contribution is 0.0504. The first-order valence-corrected chi connectivity index (χ1v) is 6.56. The highest BCUT2D eigenvalue weighted by atomic mass is 16.5. The van der Waals surface area contributed by atoms with E-state index in [2.05, 4.69) is 0 Å². The summed E-state index contributed by atoms with van der Waals surface area (Å²) in [6.45, 7) is 4.42. The summed E-state index contributed by atoms with van der Waals surface area (Å²) in [4.78, 5) is 12.0. The van der Waals surface area contributed by atoms with Crippen molar-refractivity contribution in [1.29, 1.82) is 0 Å². The van der Waals surface area contributed by atoms with Crippen molar-refractivity contribution in [3.05, 3.63) is 59.7 Å². The molecule has 0 fully saturated rings. The number of ether oxygens (including phenoxy) is 1. The van der Waals surface area contributed by atoms with Crippen LogP contribution >= 0.6 is 0 Å². The lowest BCUT2D eigenvalue weighted by atomic mass is 9.96. The monoisotopic (exact) mass is 254 g/mol. The zero-order valence-corrected chi connectivity index (χ0v) is 11.3. The fourth-order valence-corrected chi connectivity index (χ4v) is 2.06. The number of hydrogen-bond donors (Lipinski definition) is 0. The number of benzene rings is 2. The summed E-state index contributed by atoms with van der Waals surface area (Å²) >= 11 is 0. The van der Waals surface area contributed by atoms with Gasteiger partial charge in [0.2, 0.25) is 0 Å². The molecular weight excluding hydrogens is 236 g/mol. The van der Waals surface area contributed by atoms with Crippen LogP contribution in [-0.4, -0.2) is 12.6 Å². The molecule has 2 aromatic carbocycles. The summed E-state index contributed by atoms with van der Waals surface area (Å²) in [6.07, 6.45) is 0.836.